The summed E-state index contributed by atoms with van der Waals surface area (Å²) >= 11 is 0. The molecule has 0 saturated carbocycles. The van der Waals surface area contributed by atoms with E-state index < -0.39 is 64.1 Å². The number of amides is 1. The molecule has 1 fully saturated rings. The zero-order valence-corrected chi connectivity index (χ0v) is 15.4. The maximum Gasteiger partial charge on any atom is 0.283 e. The van der Waals surface area contributed by atoms with Crippen molar-refractivity contribution in [3.05, 3.63) is 41.2 Å². The average Bonchev–Trinajstić information content (AvgIpc) is 3.13. The highest BCUT2D eigenvalue weighted by Gasteiger charge is 2.47. The molecule has 152 valence electrons. The topological polar surface area (TPSA) is 185 Å². The number of benzene rings is 1. The molecule has 1 saturated heterocycles. The number of nitrogens with two attached hydrogens (primary N) is 1. The van der Waals surface area contributed by atoms with Crippen LogP contribution < -0.4 is 5.73 Å². The number of aromatic hydroxyl groups is 1. The Labute approximate surface area is 159 Å². The van der Waals surface area contributed by atoms with Gasteiger partial charge in [0.15, 0.2) is 11.4 Å². The van der Waals surface area contributed by atoms with Gasteiger partial charge >= 0.3 is 0 Å². The molecule has 0 radical (unpaired) electrons. The van der Waals surface area contributed by atoms with Crippen LogP contribution in [0.1, 0.15) is 27.8 Å². The summed E-state index contributed by atoms with van der Waals surface area (Å²) in [5, 5.41) is 43.3. The van der Waals surface area contributed by atoms with Gasteiger partial charge < -0.3 is 30.9 Å². The number of primary amides is 1. The third kappa shape index (κ3) is 3.14. The van der Waals surface area contributed by atoms with Gasteiger partial charge in [0, 0.05) is 0 Å². The number of hydrogen-bond donors (Lipinski definition) is 5. The Bertz CT molecular complexity index is 1000. The first-order valence-electron chi connectivity index (χ1n) is 8.16. The summed E-state index contributed by atoms with van der Waals surface area (Å²) in [7, 11) is -4.42. The summed E-state index contributed by atoms with van der Waals surface area (Å²) in [6, 6.07) is 5.65. The van der Waals surface area contributed by atoms with E-state index in [1.807, 2.05) is 0 Å². The van der Waals surface area contributed by atoms with Crippen LogP contribution in [0, 0.1) is 6.92 Å². The highest BCUT2D eigenvalue weighted by Crippen LogP contribution is 2.39. The standard InChI is InChI=1S/C16H19N3O8S/c1-7-2-4-8(5-3-7)28(25,26)19-11(16(17)24)13(22)10(18-19)15-14(23)12(21)9(6-20)27-15/h2-5,9,12,14-15,20-23H,6H2,1H3,(H2,17,24)/t9-,12+,14-,15+/m0/s1. The van der Waals surface area contributed by atoms with E-state index in [4.69, 9.17) is 10.5 Å². The summed E-state index contributed by atoms with van der Waals surface area (Å²) < 4.78 is 31.3. The van der Waals surface area contributed by atoms with Gasteiger partial charge in [-0.2, -0.15) is 13.5 Å². The molecule has 1 aliphatic rings. The fourth-order valence-corrected chi connectivity index (χ4v) is 4.21. The molecule has 3 rings (SSSR count). The third-order valence-corrected chi connectivity index (χ3v) is 6.04. The Balaban J connectivity index is 2.15. The lowest BCUT2D eigenvalue weighted by atomic mass is 10.1. The second-order valence-electron chi connectivity index (χ2n) is 6.37. The summed E-state index contributed by atoms with van der Waals surface area (Å²) in [6.07, 6.45) is -5.81. The van der Waals surface area contributed by atoms with Gasteiger partial charge in [-0.05, 0) is 19.1 Å². The number of hydrogen-bond acceptors (Lipinski definition) is 9. The maximum absolute atomic E-state index is 12.9. The van der Waals surface area contributed by atoms with Gasteiger partial charge in [0.05, 0.1) is 11.5 Å². The van der Waals surface area contributed by atoms with E-state index in [0.717, 1.165) is 5.56 Å². The van der Waals surface area contributed by atoms with Crippen LogP contribution in [-0.2, 0) is 14.8 Å². The third-order valence-electron chi connectivity index (χ3n) is 4.45. The van der Waals surface area contributed by atoms with E-state index in [-0.39, 0.29) is 8.98 Å². The minimum atomic E-state index is -4.42. The van der Waals surface area contributed by atoms with Crippen molar-refractivity contribution >= 4 is 15.9 Å². The van der Waals surface area contributed by atoms with Gasteiger partial charge in [0.2, 0.25) is 0 Å². The highest BCUT2D eigenvalue weighted by atomic mass is 32.2. The summed E-state index contributed by atoms with van der Waals surface area (Å²) in [4.78, 5) is 11.6. The van der Waals surface area contributed by atoms with Crippen molar-refractivity contribution in [3.8, 4) is 5.75 Å². The fourth-order valence-electron chi connectivity index (χ4n) is 2.92. The SMILES string of the molecule is Cc1ccc(S(=O)(=O)n2nc([C@H]3O[C@@H](CO)[C@@H](O)[C@@H]3O)c(O)c2C(N)=O)cc1. The Morgan fingerprint density at radius 1 is 1.25 bits per heavy atom. The zero-order chi connectivity index (χ0) is 20.8. The van der Waals surface area contributed by atoms with E-state index in [0.29, 0.717) is 0 Å². The molecule has 1 aromatic carbocycles. The summed E-state index contributed by atoms with van der Waals surface area (Å²) in [5.74, 6) is -2.18. The molecule has 6 N–H and O–H groups in total. The molecule has 4 atom stereocenters. The van der Waals surface area contributed by atoms with Gasteiger partial charge in [0.25, 0.3) is 15.9 Å². The largest absolute Gasteiger partial charge is 0.504 e. The van der Waals surface area contributed by atoms with Crippen molar-refractivity contribution in [2.75, 3.05) is 6.61 Å². The Morgan fingerprint density at radius 2 is 1.86 bits per heavy atom. The molecule has 2 heterocycles. The van der Waals surface area contributed by atoms with E-state index in [1.54, 1.807) is 6.92 Å². The van der Waals surface area contributed by atoms with E-state index in [2.05, 4.69) is 5.10 Å². The van der Waals surface area contributed by atoms with Crippen LogP contribution in [0.2, 0.25) is 0 Å². The van der Waals surface area contributed by atoms with Crippen LogP contribution in [0.4, 0.5) is 0 Å². The Morgan fingerprint density at radius 3 is 2.36 bits per heavy atom. The molecule has 11 nitrogen and oxygen atoms in total. The molecule has 0 unspecified atom stereocenters. The molecule has 0 spiro atoms. The van der Waals surface area contributed by atoms with Crippen LogP contribution in [0.25, 0.3) is 0 Å². The smallest absolute Gasteiger partial charge is 0.283 e. The lowest BCUT2D eigenvalue weighted by Gasteiger charge is -2.12. The van der Waals surface area contributed by atoms with Crippen molar-refractivity contribution in [3.63, 3.8) is 0 Å². The quantitative estimate of drug-likeness (QED) is 0.384. The zero-order valence-electron chi connectivity index (χ0n) is 14.6. The van der Waals surface area contributed by atoms with E-state index in [1.165, 1.54) is 24.3 Å². The molecule has 1 amide bonds. The van der Waals surface area contributed by atoms with Gasteiger partial charge in [-0.15, -0.1) is 4.09 Å². The van der Waals surface area contributed by atoms with Gasteiger partial charge in [-0.1, -0.05) is 17.7 Å². The Hall–Kier alpha value is -2.51. The monoisotopic (exact) mass is 413 g/mol. The molecule has 1 aliphatic heterocycles. The first-order valence-corrected chi connectivity index (χ1v) is 9.60. The number of carbonyl (C=O) groups is 1. The predicted octanol–water partition coefficient (Wildman–Crippen LogP) is -1.61. The molecular formula is C16H19N3O8S. The van der Waals surface area contributed by atoms with Crippen molar-refractivity contribution < 1.29 is 38.4 Å². The van der Waals surface area contributed by atoms with Crippen molar-refractivity contribution in [2.45, 2.75) is 36.2 Å². The number of rotatable bonds is 5. The number of aliphatic hydroxyl groups excluding tert-OH is 3. The highest BCUT2D eigenvalue weighted by molar-refractivity contribution is 7.90. The number of aromatic nitrogens is 2. The minimum absolute atomic E-state index is 0.212. The van der Waals surface area contributed by atoms with Crippen LogP contribution in [0.3, 0.4) is 0 Å². The van der Waals surface area contributed by atoms with Gasteiger partial charge in [0.1, 0.15) is 30.1 Å². The van der Waals surface area contributed by atoms with Crippen LogP contribution >= 0.6 is 0 Å². The molecule has 2 aromatic rings. The van der Waals surface area contributed by atoms with Gasteiger partial charge in [-0.3, -0.25) is 4.79 Å². The van der Waals surface area contributed by atoms with E-state index in [9.17, 15) is 33.6 Å². The fraction of sp³-hybridized carbons (Fsp3) is 0.375. The lowest BCUT2D eigenvalue weighted by molar-refractivity contribution is -0.0245. The number of nitrogens with zero attached hydrogens (tertiary/aromatic N) is 2. The Kier molecular flexibility index (Phi) is 5.16. The second kappa shape index (κ2) is 7.14. The molecule has 1 aromatic heterocycles. The number of ether oxygens (including phenoxy) is 1. The maximum atomic E-state index is 12.9. The second-order valence-corrected chi connectivity index (χ2v) is 8.13. The molecule has 28 heavy (non-hydrogen) atoms. The molecule has 12 heteroatoms. The number of carbonyl (C=O) groups excluding carboxylic acids is 1. The lowest BCUT2D eigenvalue weighted by Crippen LogP contribution is -2.32. The number of aliphatic hydroxyl groups is 3. The van der Waals surface area contributed by atoms with Gasteiger partial charge in [-0.25, -0.2) is 0 Å². The summed E-state index contributed by atoms with van der Waals surface area (Å²) in [5.41, 5.74) is 4.69. The van der Waals surface area contributed by atoms with Crippen molar-refractivity contribution in [1.29, 1.82) is 0 Å². The van der Waals surface area contributed by atoms with E-state index >= 15 is 0 Å². The molecular weight excluding hydrogens is 394 g/mol. The normalized spacial score (nSPS) is 25.1. The molecule has 0 aliphatic carbocycles. The summed E-state index contributed by atoms with van der Waals surface area (Å²) in [6.45, 7) is 1.12. The first-order chi connectivity index (χ1) is 13.1. The first kappa shape index (κ1) is 20.2. The van der Waals surface area contributed by atoms with Crippen molar-refractivity contribution in [1.82, 2.24) is 9.19 Å². The van der Waals surface area contributed by atoms with Crippen LogP contribution in [-0.4, -0.2) is 68.9 Å². The average molecular weight is 413 g/mol. The van der Waals surface area contributed by atoms with Crippen LogP contribution in [0.5, 0.6) is 5.75 Å². The predicted molar refractivity (Wildman–Crippen MR) is 92.9 cm³/mol. The molecule has 0 bridgehead atoms. The van der Waals surface area contributed by atoms with Crippen molar-refractivity contribution in [2.24, 2.45) is 5.73 Å². The van der Waals surface area contributed by atoms with Crippen LogP contribution in [0.15, 0.2) is 29.2 Å². The minimum Gasteiger partial charge on any atom is -0.504 e. The number of aryl methyl sites for hydroxylation is 1.